The fourth-order valence-electron chi connectivity index (χ4n) is 2.94. The Balaban J connectivity index is 0.00000288. The van der Waals surface area contributed by atoms with Gasteiger partial charge in [-0.3, -0.25) is 4.99 Å². The Bertz CT molecular complexity index is 486. The number of likely N-dealkylation sites (tertiary alicyclic amines) is 1. The minimum absolute atomic E-state index is 0. The monoisotopic (exact) mass is 448 g/mol. The second-order valence-electron chi connectivity index (χ2n) is 6.37. The first kappa shape index (κ1) is 21.2. The van der Waals surface area contributed by atoms with Crippen LogP contribution in [-0.4, -0.2) is 50.6 Å². The second kappa shape index (κ2) is 11.6. The highest BCUT2D eigenvalue weighted by Crippen LogP contribution is 2.09. The van der Waals surface area contributed by atoms with Crippen molar-refractivity contribution in [1.82, 2.24) is 15.5 Å². The van der Waals surface area contributed by atoms with E-state index in [-0.39, 0.29) is 29.8 Å². The summed E-state index contributed by atoms with van der Waals surface area (Å²) in [6, 6.07) is 6.65. The molecule has 0 aliphatic carbocycles. The molecule has 2 rings (SSSR count). The molecule has 1 aliphatic heterocycles. The first-order valence-corrected chi connectivity index (χ1v) is 8.58. The zero-order valence-corrected chi connectivity index (χ0v) is 17.1. The topological polar surface area (TPSA) is 39.7 Å². The minimum atomic E-state index is -0.189. The molecular formula is C18H30FIN4. The molecule has 1 heterocycles. The van der Waals surface area contributed by atoms with E-state index in [1.165, 1.54) is 38.1 Å². The molecule has 1 atom stereocenters. The average molecular weight is 448 g/mol. The summed E-state index contributed by atoms with van der Waals surface area (Å²) in [4.78, 5) is 6.80. The van der Waals surface area contributed by atoms with Gasteiger partial charge in [0.25, 0.3) is 0 Å². The summed E-state index contributed by atoms with van der Waals surface area (Å²) in [6.45, 7) is 7.62. The van der Waals surface area contributed by atoms with Crippen molar-refractivity contribution in [3.05, 3.63) is 35.6 Å². The third kappa shape index (κ3) is 7.79. The molecule has 0 bridgehead atoms. The van der Waals surface area contributed by atoms with Gasteiger partial charge in [-0.1, -0.05) is 19.1 Å². The highest BCUT2D eigenvalue weighted by atomic mass is 127. The number of nitrogens with zero attached hydrogens (tertiary/aromatic N) is 2. The van der Waals surface area contributed by atoms with E-state index in [9.17, 15) is 4.39 Å². The Morgan fingerprint density at radius 2 is 1.88 bits per heavy atom. The van der Waals surface area contributed by atoms with Gasteiger partial charge >= 0.3 is 0 Å². The summed E-state index contributed by atoms with van der Waals surface area (Å²) in [7, 11) is 1.79. The third-order valence-electron chi connectivity index (χ3n) is 4.23. The molecule has 0 aromatic heterocycles. The van der Waals surface area contributed by atoms with Crippen LogP contribution in [0.2, 0.25) is 0 Å². The maximum Gasteiger partial charge on any atom is 0.190 e. The van der Waals surface area contributed by atoms with Crippen LogP contribution < -0.4 is 10.6 Å². The summed E-state index contributed by atoms with van der Waals surface area (Å²) in [5, 5.41) is 6.70. The van der Waals surface area contributed by atoms with Gasteiger partial charge in [0, 0.05) is 26.7 Å². The third-order valence-corrected chi connectivity index (χ3v) is 4.23. The van der Waals surface area contributed by atoms with Gasteiger partial charge in [-0.05, 0) is 56.0 Å². The summed E-state index contributed by atoms with van der Waals surface area (Å²) >= 11 is 0. The standard InChI is InChI=1S/C18H29FN4.HI/c1-15(14-23-11-3-4-12-23)13-22-18(20-2)21-10-9-16-5-7-17(19)8-6-16;/h5-8,15H,3-4,9-14H2,1-2H3,(H2,20,21,22);1H. The zero-order chi connectivity index (χ0) is 16.5. The molecule has 1 fully saturated rings. The van der Waals surface area contributed by atoms with Crippen LogP contribution in [0.25, 0.3) is 0 Å². The number of hydrogen-bond donors (Lipinski definition) is 2. The minimum Gasteiger partial charge on any atom is -0.356 e. The van der Waals surface area contributed by atoms with E-state index in [1.807, 2.05) is 12.1 Å². The number of benzene rings is 1. The van der Waals surface area contributed by atoms with E-state index < -0.39 is 0 Å². The Morgan fingerprint density at radius 1 is 1.21 bits per heavy atom. The number of halogens is 2. The molecular weight excluding hydrogens is 418 g/mol. The SMILES string of the molecule is CN=C(NCCc1ccc(F)cc1)NCC(C)CN1CCCC1.I. The van der Waals surface area contributed by atoms with Crippen molar-refractivity contribution in [1.29, 1.82) is 0 Å². The van der Waals surface area contributed by atoms with Crippen molar-refractivity contribution in [3.63, 3.8) is 0 Å². The van der Waals surface area contributed by atoms with E-state index in [4.69, 9.17) is 0 Å². The predicted octanol–water partition coefficient (Wildman–Crippen LogP) is 2.88. The number of hydrogen-bond acceptors (Lipinski definition) is 2. The number of nitrogens with one attached hydrogen (secondary N) is 2. The van der Waals surface area contributed by atoms with Gasteiger partial charge in [0.15, 0.2) is 5.96 Å². The number of aliphatic imine (C=N–C) groups is 1. The van der Waals surface area contributed by atoms with Crippen LogP contribution in [0.15, 0.2) is 29.3 Å². The summed E-state index contributed by atoms with van der Waals surface area (Å²) in [5.41, 5.74) is 1.12. The molecule has 0 amide bonds. The molecule has 0 spiro atoms. The fraction of sp³-hybridized carbons (Fsp3) is 0.611. The normalized spacial score (nSPS) is 16.5. The van der Waals surface area contributed by atoms with Crippen molar-refractivity contribution in [2.45, 2.75) is 26.2 Å². The van der Waals surface area contributed by atoms with Crippen molar-refractivity contribution < 1.29 is 4.39 Å². The van der Waals surface area contributed by atoms with E-state index in [0.717, 1.165) is 37.6 Å². The second-order valence-corrected chi connectivity index (χ2v) is 6.37. The van der Waals surface area contributed by atoms with Gasteiger partial charge < -0.3 is 15.5 Å². The molecule has 0 saturated carbocycles. The quantitative estimate of drug-likeness (QED) is 0.383. The number of guanidine groups is 1. The van der Waals surface area contributed by atoms with E-state index >= 15 is 0 Å². The lowest BCUT2D eigenvalue weighted by Gasteiger charge is -2.21. The molecule has 1 aromatic carbocycles. The average Bonchev–Trinajstić information content (AvgIpc) is 3.05. The molecule has 1 aliphatic rings. The molecule has 6 heteroatoms. The van der Waals surface area contributed by atoms with Gasteiger partial charge in [-0.25, -0.2) is 4.39 Å². The molecule has 24 heavy (non-hydrogen) atoms. The van der Waals surface area contributed by atoms with E-state index in [0.29, 0.717) is 5.92 Å². The zero-order valence-electron chi connectivity index (χ0n) is 14.7. The summed E-state index contributed by atoms with van der Waals surface area (Å²) in [5.74, 6) is 1.25. The van der Waals surface area contributed by atoms with Gasteiger partial charge in [-0.2, -0.15) is 0 Å². The smallest absolute Gasteiger partial charge is 0.190 e. The van der Waals surface area contributed by atoms with E-state index in [2.05, 4.69) is 27.4 Å². The summed E-state index contributed by atoms with van der Waals surface area (Å²) in [6.07, 6.45) is 3.53. The van der Waals surface area contributed by atoms with Crippen LogP contribution in [0.1, 0.15) is 25.3 Å². The lowest BCUT2D eigenvalue weighted by molar-refractivity contribution is 0.287. The Morgan fingerprint density at radius 3 is 2.50 bits per heavy atom. The van der Waals surface area contributed by atoms with Gasteiger partial charge in [0.05, 0.1) is 0 Å². The molecule has 0 radical (unpaired) electrons. The fourth-order valence-corrected chi connectivity index (χ4v) is 2.94. The summed E-state index contributed by atoms with van der Waals surface area (Å²) < 4.78 is 12.9. The van der Waals surface area contributed by atoms with Crippen LogP contribution in [0.3, 0.4) is 0 Å². The molecule has 1 aromatic rings. The maximum absolute atomic E-state index is 12.9. The Hall–Kier alpha value is -0.890. The van der Waals surface area contributed by atoms with Gasteiger partial charge in [0.1, 0.15) is 5.82 Å². The van der Waals surface area contributed by atoms with Crippen molar-refractivity contribution in [3.8, 4) is 0 Å². The molecule has 4 nitrogen and oxygen atoms in total. The van der Waals surface area contributed by atoms with Crippen LogP contribution in [-0.2, 0) is 6.42 Å². The molecule has 1 saturated heterocycles. The molecule has 2 N–H and O–H groups in total. The van der Waals surface area contributed by atoms with Crippen LogP contribution in [0.5, 0.6) is 0 Å². The largest absolute Gasteiger partial charge is 0.356 e. The molecule has 136 valence electrons. The Kier molecular flexibility index (Phi) is 10.2. The lowest BCUT2D eigenvalue weighted by Crippen LogP contribution is -2.42. The van der Waals surface area contributed by atoms with Crippen molar-refractivity contribution >= 4 is 29.9 Å². The molecule has 1 unspecified atom stereocenters. The first-order chi connectivity index (χ1) is 11.2. The van der Waals surface area contributed by atoms with Crippen LogP contribution in [0, 0.1) is 11.7 Å². The highest BCUT2D eigenvalue weighted by molar-refractivity contribution is 14.0. The van der Waals surface area contributed by atoms with Crippen LogP contribution >= 0.6 is 24.0 Å². The van der Waals surface area contributed by atoms with E-state index in [1.54, 1.807) is 7.05 Å². The first-order valence-electron chi connectivity index (χ1n) is 8.58. The maximum atomic E-state index is 12.9. The van der Waals surface area contributed by atoms with Crippen molar-refractivity contribution in [2.75, 3.05) is 39.8 Å². The van der Waals surface area contributed by atoms with Gasteiger partial charge in [0.2, 0.25) is 0 Å². The highest BCUT2D eigenvalue weighted by Gasteiger charge is 2.14. The lowest BCUT2D eigenvalue weighted by atomic mass is 10.1. The van der Waals surface area contributed by atoms with Crippen molar-refractivity contribution in [2.24, 2.45) is 10.9 Å². The number of rotatable bonds is 7. The predicted molar refractivity (Wildman–Crippen MR) is 110 cm³/mol. The van der Waals surface area contributed by atoms with Gasteiger partial charge in [-0.15, -0.1) is 24.0 Å². The Labute approximate surface area is 162 Å². The van der Waals surface area contributed by atoms with Crippen LogP contribution in [0.4, 0.5) is 4.39 Å².